The molecule has 3 aromatic carbocycles. The van der Waals surface area contributed by atoms with Crippen molar-refractivity contribution in [3.63, 3.8) is 0 Å². The molecule has 0 N–H and O–H groups in total. The van der Waals surface area contributed by atoms with Crippen molar-refractivity contribution in [2.24, 2.45) is 5.10 Å². The van der Waals surface area contributed by atoms with Gasteiger partial charge in [0, 0.05) is 5.56 Å². The Morgan fingerprint density at radius 2 is 1.32 bits per heavy atom. The van der Waals surface area contributed by atoms with Gasteiger partial charge in [0.15, 0.2) is 6.10 Å². The van der Waals surface area contributed by atoms with Crippen LogP contribution in [0.1, 0.15) is 17.2 Å². The summed E-state index contributed by atoms with van der Waals surface area (Å²) in [6, 6.07) is 29.9. The Kier molecular flexibility index (Phi) is 4.27. The molecule has 4 heteroatoms. The highest BCUT2D eigenvalue weighted by molar-refractivity contribution is 7.80. The van der Waals surface area contributed by atoms with Crippen molar-refractivity contribution in [2.45, 2.75) is 6.10 Å². The maximum atomic E-state index is 6.13. The molecule has 1 atom stereocenters. The SMILES string of the molecule is S=C1OC(c2ccccc2)C(c2ccccc2)=NN1c1ccccc1. The van der Waals surface area contributed by atoms with Gasteiger partial charge in [0.2, 0.25) is 0 Å². The molecule has 0 saturated heterocycles. The molecule has 122 valence electrons. The lowest BCUT2D eigenvalue weighted by Crippen LogP contribution is -2.37. The Bertz CT molecular complexity index is 895. The lowest BCUT2D eigenvalue weighted by Gasteiger charge is -2.32. The normalized spacial score (nSPS) is 17.0. The Balaban J connectivity index is 1.83. The van der Waals surface area contributed by atoms with Crippen molar-refractivity contribution in [3.05, 3.63) is 102 Å². The number of anilines is 1. The monoisotopic (exact) mass is 344 g/mol. The van der Waals surface area contributed by atoms with Crippen molar-refractivity contribution >= 4 is 28.8 Å². The van der Waals surface area contributed by atoms with Gasteiger partial charge in [-0.05, 0) is 29.9 Å². The maximum absolute atomic E-state index is 6.13. The molecule has 1 heterocycles. The third-order valence-electron chi connectivity index (χ3n) is 4.02. The van der Waals surface area contributed by atoms with Crippen molar-refractivity contribution in [2.75, 3.05) is 5.01 Å². The van der Waals surface area contributed by atoms with Crippen LogP contribution in [0.5, 0.6) is 0 Å². The molecule has 0 fully saturated rings. The Morgan fingerprint density at radius 3 is 1.96 bits per heavy atom. The van der Waals surface area contributed by atoms with E-state index in [1.807, 2.05) is 91.0 Å². The van der Waals surface area contributed by atoms with Crippen molar-refractivity contribution in [1.29, 1.82) is 0 Å². The zero-order chi connectivity index (χ0) is 17.1. The zero-order valence-corrected chi connectivity index (χ0v) is 14.3. The van der Waals surface area contributed by atoms with Gasteiger partial charge in [0.1, 0.15) is 5.71 Å². The predicted molar refractivity (Wildman–Crippen MR) is 105 cm³/mol. The molecule has 0 amide bonds. The number of rotatable bonds is 3. The van der Waals surface area contributed by atoms with E-state index >= 15 is 0 Å². The summed E-state index contributed by atoms with van der Waals surface area (Å²) >= 11 is 5.49. The second kappa shape index (κ2) is 6.87. The highest BCUT2D eigenvalue weighted by Crippen LogP contribution is 2.30. The molecule has 0 aromatic heterocycles. The molecule has 0 bridgehead atoms. The maximum Gasteiger partial charge on any atom is 0.286 e. The van der Waals surface area contributed by atoms with Gasteiger partial charge in [0.05, 0.1) is 5.69 Å². The van der Waals surface area contributed by atoms with Crippen LogP contribution in [-0.4, -0.2) is 10.9 Å². The van der Waals surface area contributed by atoms with Crippen LogP contribution in [0.2, 0.25) is 0 Å². The first kappa shape index (κ1) is 15.5. The summed E-state index contributed by atoms with van der Waals surface area (Å²) < 4.78 is 6.13. The molecule has 3 nitrogen and oxygen atoms in total. The molecule has 3 aromatic rings. The van der Waals surface area contributed by atoms with E-state index in [-0.39, 0.29) is 6.10 Å². The van der Waals surface area contributed by atoms with Gasteiger partial charge in [-0.15, -0.1) is 0 Å². The van der Waals surface area contributed by atoms with Gasteiger partial charge in [-0.3, -0.25) is 0 Å². The number of hydrazone groups is 1. The average Bonchev–Trinajstić information content (AvgIpc) is 2.70. The van der Waals surface area contributed by atoms with Crippen molar-refractivity contribution in [3.8, 4) is 0 Å². The summed E-state index contributed by atoms with van der Waals surface area (Å²) in [5.74, 6) is 0. The van der Waals surface area contributed by atoms with Gasteiger partial charge in [0.25, 0.3) is 5.17 Å². The lowest BCUT2D eigenvalue weighted by atomic mass is 9.98. The standard InChI is InChI=1S/C21H16N2OS/c25-21-23(18-14-8-3-9-15-18)22-19(16-10-4-1-5-11-16)20(24-21)17-12-6-2-7-13-17/h1-15,20H. The molecule has 25 heavy (non-hydrogen) atoms. The topological polar surface area (TPSA) is 24.8 Å². The first-order valence-electron chi connectivity index (χ1n) is 8.07. The third-order valence-corrected chi connectivity index (χ3v) is 4.29. The first-order chi connectivity index (χ1) is 12.3. The van der Waals surface area contributed by atoms with E-state index in [1.54, 1.807) is 5.01 Å². The van der Waals surface area contributed by atoms with Crippen LogP contribution in [0.3, 0.4) is 0 Å². The van der Waals surface area contributed by atoms with Gasteiger partial charge in [-0.1, -0.05) is 78.9 Å². The van der Waals surface area contributed by atoms with Crippen LogP contribution >= 0.6 is 12.2 Å². The fourth-order valence-corrected chi connectivity index (χ4v) is 3.05. The number of benzene rings is 3. The van der Waals surface area contributed by atoms with Gasteiger partial charge >= 0.3 is 0 Å². The molecule has 4 rings (SSSR count). The number of hydrogen-bond acceptors (Lipinski definition) is 3. The van der Waals surface area contributed by atoms with Crippen LogP contribution in [-0.2, 0) is 4.74 Å². The third kappa shape index (κ3) is 3.16. The molecule has 0 spiro atoms. The number of para-hydroxylation sites is 1. The molecule has 0 radical (unpaired) electrons. The van der Waals surface area contributed by atoms with Gasteiger partial charge in [-0.2, -0.15) is 10.1 Å². The average molecular weight is 344 g/mol. The van der Waals surface area contributed by atoms with Crippen molar-refractivity contribution < 1.29 is 4.74 Å². The van der Waals surface area contributed by atoms with E-state index in [2.05, 4.69) is 0 Å². The minimum Gasteiger partial charge on any atom is -0.455 e. The molecule has 1 aliphatic rings. The Hall–Kier alpha value is -2.98. The molecule has 1 unspecified atom stereocenters. The summed E-state index contributed by atoms with van der Waals surface area (Å²) in [6.45, 7) is 0. The van der Waals surface area contributed by atoms with Crippen LogP contribution < -0.4 is 5.01 Å². The first-order valence-corrected chi connectivity index (χ1v) is 8.48. The fourth-order valence-electron chi connectivity index (χ4n) is 2.81. The van der Waals surface area contributed by atoms with Crippen LogP contribution in [0.4, 0.5) is 5.69 Å². The second-order valence-corrected chi connectivity index (χ2v) is 6.02. The summed E-state index contributed by atoms with van der Waals surface area (Å²) in [6.07, 6.45) is -0.323. The smallest absolute Gasteiger partial charge is 0.286 e. The molecular weight excluding hydrogens is 328 g/mol. The molecule has 1 aliphatic heterocycles. The lowest BCUT2D eigenvalue weighted by molar-refractivity contribution is 0.252. The minimum absolute atomic E-state index is 0.323. The molecular formula is C21H16N2OS. The van der Waals surface area contributed by atoms with E-state index in [1.165, 1.54) is 0 Å². The largest absolute Gasteiger partial charge is 0.455 e. The molecule has 0 aliphatic carbocycles. The van der Waals surface area contributed by atoms with Crippen molar-refractivity contribution in [1.82, 2.24) is 0 Å². The van der Waals surface area contributed by atoms with E-state index in [0.29, 0.717) is 5.17 Å². The minimum atomic E-state index is -0.323. The highest BCUT2D eigenvalue weighted by atomic mass is 32.1. The quantitative estimate of drug-likeness (QED) is 0.628. The van der Waals surface area contributed by atoms with Crippen LogP contribution in [0.25, 0.3) is 0 Å². The molecule has 0 saturated carbocycles. The van der Waals surface area contributed by atoms with Crippen LogP contribution in [0.15, 0.2) is 96.1 Å². The Morgan fingerprint density at radius 1 is 0.760 bits per heavy atom. The van der Waals surface area contributed by atoms with Crippen LogP contribution in [0, 0.1) is 0 Å². The summed E-state index contributed by atoms with van der Waals surface area (Å²) in [5, 5.41) is 6.87. The Labute approximate surface area is 152 Å². The highest BCUT2D eigenvalue weighted by Gasteiger charge is 2.31. The zero-order valence-electron chi connectivity index (χ0n) is 13.4. The number of nitrogens with zero attached hydrogens (tertiary/aromatic N) is 2. The number of hydrogen-bond donors (Lipinski definition) is 0. The summed E-state index contributed by atoms with van der Waals surface area (Å²) in [7, 11) is 0. The predicted octanol–water partition coefficient (Wildman–Crippen LogP) is 4.95. The summed E-state index contributed by atoms with van der Waals surface area (Å²) in [5.41, 5.74) is 3.76. The van der Waals surface area contributed by atoms with Gasteiger partial charge in [-0.25, -0.2) is 0 Å². The second-order valence-electron chi connectivity index (χ2n) is 5.67. The fraction of sp³-hybridized carbons (Fsp3) is 0.0476. The summed E-state index contributed by atoms with van der Waals surface area (Å²) in [4.78, 5) is 0. The van der Waals surface area contributed by atoms with E-state index in [0.717, 1.165) is 22.5 Å². The number of ether oxygens (including phenoxy) is 1. The van der Waals surface area contributed by atoms with E-state index in [9.17, 15) is 0 Å². The van der Waals surface area contributed by atoms with Gasteiger partial charge < -0.3 is 4.74 Å². The van der Waals surface area contributed by atoms with E-state index in [4.69, 9.17) is 22.1 Å². The van der Waals surface area contributed by atoms with E-state index < -0.39 is 0 Å². The number of thiocarbonyl (C=S) groups is 1.